The Morgan fingerprint density at radius 2 is 2.20 bits per heavy atom. The van der Waals surface area contributed by atoms with Gasteiger partial charge < -0.3 is 4.74 Å². The van der Waals surface area contributed by atoms with E-state index in [-0.39, 0.29) is 6.61 Å². The maximum Gasteiger partial charge on any atom is 0.292 e. The van der Waals surface area contributed by atoms with E-state index in [0.29, 0.717) is 5.75 Å². The Bertz CT molecular complexity index is 423. The van der Waals surface area contributed by atoms with Crippen LogP contribution in [0.25, 0.3) is 0 Å². The molecule has 0 fully saturated rings. The van der Waals surface area contributed by atoms with Crippen molar-refractivity contribution < 1.29 is 9.53 Å². The first-order valence-corrected chi connectivity index (χ1v) is 4.85. The molecule has 4 heteroatoms. The van der Waals surface area contributed by atoms with Crippen molar-refractivity contribution >= 4 is 23.3 Å². The number of isothiocyanates is 1. The molecule has 0 radical (unpaired) electrons. The molecule has 3 nitrogen and oxygen atoms in total. The second kappa shape index (κ2) is 5.39. The number of aryl methyl sites for hydroxylation is 2. The van der Waals surface area contributed by atoms with Gasteiger partial charge in [-0.3, -0.25) is 4.79 Å². The van der Waals surface area contributed by atoms with Gasteiger partial charge >= 0.3 is 0 Å². The van der Waals surface area contributed by atoms with Crippen molar-refractivity contribution in [2.45, 2.75) is 13.8 Å². The average Bonchev–Trinajstić information content (AvgIpc) is 2.20. The molecule has 0 heterocycles. The number of hydrogen-bond donors (Lipinski definition) is 0. The summed E-state index contributed by atoms with van der Waals surface area (Å²) in [4.78, 5) is 14.2. The molecule has 0 N–H and O–H groups in total. The minimum atomic E-state index is -0.428. The Balaban J connectivity index is 2.62. The Morgan fingerprint density at radius 3 is 2.80 bits per heavy atom. The lowest BCUT2D eigenvalue weighted by molar-refractivity contribution is -0.119. The summed E-state index contributed by atoms with van der Waals surface area (Å²) in [6.07, 6.45) is 0. The molecule has 1 amide bonds. The van der Waals surface area contributed by atoms with E-state index in [0.717, 1.165) is 5.56 Å². The van der Waals surface area contributed by atoms with Gasteiger partial charge in [0.05, 0.1) is 5.16 Å². The van der Waals surface area contributed by atoms with Crippen molar-refractivity contribution in [2.24, 2.45) is 4.99 Å². The molecule has 0 aromatic heterocycles. The minimum absolute atomic E-state index is 0.105. The molecule has 0 atom stereocenters. The van der Waals surface area contributed by atoms with Crippen molar-refractivity contribution in [3.8, 4) is 5.75 Å². The highest BCUT2D eigenvalue weighted by Crippen LogP contribution is 2.16. The van der Waals surface area contributed by atoms with Crippen molar-refractivity contribution in [2.75, 3.05) is 6.61 Å². The predicted octanol–water partition coefficient (Wildman–Crippen LogP) is 2.31. The lowest BCUT2D eigenvalue weighted by Crippen LogP contribution is -2.08. The molecule has 78 valence electrons. The van der Waals surface area contributed by atoms with Crippen LogP contribution in [0.3, 0.4) is 0 Å². The topological polar surface area (TPSA) is 38.7 Å². The number of benzene rings is 1. The standard InChI is InChI=1S/C11H11NO2S/c1-8-3-4-10(5-9(8)2)14-6-11(13)12-7-15/h3-5H,6H2,1-2H3. The molecule has 0 aliphatic carbocycles. The van der Waals surface area contributed by atoms with Gasteiger partial charge in [0.1, 0.15) is 5.75 Å². The predicted molar refractivity (Wildman–Crippen MR) is 61.4 cm³/mol. The molecule has 0 bridgehead atoms. The molecule has 15 heavy (non-hydrogen) atoms. The highest BCUT2D eigenvalue weighted by atomic mass is 32.1. The maximum atomic E-state index is 10.9. The summed E-state index contributed by atoms with van der Waals surface area (Å²) in [6, 6.07) is 5.64. The summed E-state index contributed by atoms with van der Waals surface area (Å²) in [5.74, 6) is 0.231. The first-order valence-electron chi connectivity index (χ1n) is 4.44. The highest BCUT2D eigenvalue weighted by molar-refractivity contribution is 7.78. The quantitative estimate of drug-likeness (QED) is 0.580. The number of thiocarbonyl (C=S) groups is 1. The Kier molecular flexibility index (Phi) is 4.16. The maximum absolute atomic E-state index is 10.9. The Hall–Kier alpha value is -1.51. The third-order valence-electron chi connectivity index (χ3n) is 2.01. The molecule has 0 aliphatic rings. The van der Waals surface area contributed by atoms with Gasteiger partial charge in [-0.2, -0.15) is 4.99 Å². The Labute approximate surface area is 93.8 Å². The van der Waals surface area contributed by atoms with Crippen LogP contribution >= 0.6 is 12.2 Å². The summed E-state index contributed by atoms with van der Waals surface area (Å²) in [7, 11) is 0. The molecule has 0 aliphatic heterocycles. The Morgan fingerprint density at radius 1 is 1.47 bits per heavy atom. The second-order valence-electron chi connectivity index (χ2n) is 3.13. The fourth-order valence-corrected chi connectivity index (χ4v) is 1.13. The van der Waals surface area contributed by atoms with E-state index in [2.05, 4.69) is 17.2 Å². The fraction of sp³-hybridized carbons (Fsp3) is 0.273. The van der Waals surface area contributed by atoms with Crippen molar-refractivity contribution in [1.29, 1.82) is 0 Å². The zero-order valence-electron chi connectivity index (χ0n) is 8.61. The van der Waals surface area contributed by atoms with Gasteiger partial charge in [0.15, 0.2) is 6.61 Å². The number of rotatable bonds is 3. The summed E-state index contributed by atoms with van der Waals surface area (Å²) in [5.41, 5.74) is 2.31. The van der Waals surface area contributed by atoms with Crippen LogP contribution in [0, 0.1) is 13.8 Å². The molecular weight excluding hydrogens is 210 g/mol. The molecule has 1 rings (SSSR count). The second-order valence-corrected chi connectivity index (χ2v) is 3.31. The number of hydrogen-bond acceptors (Lipinski definition) is 3. The first kappa shape index (κ1) is 11.6. The number of carbonyl (C=O) groups excluding carboxylic acids is 1. The SMILES string of the molecule is Cc1ccc(OCC(=O)N=C=S)cc1C. The van der Waals surface area contributed by atoms with E-state index in [9.17, 15) is 4.79 Å². The zero-order valence-corrected chi connectivity index (χ0v) is 9.43. The largest absolute Gasteiger partial charge is 0.484 e. The molecular formula is C11H11NO2S. The fourth-order valence-electron chi connectivity index (χ4n) is 1.03. The first-order chi connectivity index (χ1) is 7.13. The normalized spacial score (nSPS) is 9.20. The van der Waals surface area contributed by atoms with Gasteiger partial charge in [0.25, 0.3) is 5.91 Å². The monoisotopic (exact) mass is 221 g/mol. The van der Waals surface area contributed by atoms with Gasteiger partial charge in [0.2, 0.25) is 0 Å². The van der Waals surface area contributed by atoms with Crippen LogP contribution < -0.4 is 4.74 Å². The van der Waals surface area contributed by atoms with Crippen LogP contribution in [0.1, 0.15) is 11.1 Å². The van der Waals surface area contributed by atoms with Crippen molar-refractivity contribution in [3.05, 3.63) is 29.3 Å². The molecule has 0 spiro atoms. The third kappa shape index (κ3) is 3.62. The van der Waals surface area contributed by atoms with Gasteiger partial charge in [0, 0.05) is 0 Å². The molecule has 1 aromatic carbocycles. The van der Waals surface area contributed by atoms with Gasteiger partial charge in [-0.1, -0.05) is 6.07 Å². The molecule has 0 saturated heterocycles. The van der Waals surface area contributed by atoms with Crippen LogP contribution in [0.15, 0.2) is 23.2 Å². The zero-order chi connectivity index (χ0) is 11.3. The lowest BCUT2D eigenvalue weighted by atomic mass is 10.1. The average molecular weight is 221 g/mol. The summed E-state index contributed by atoms with van der Waals surface area (Å²) in [5, 5.41) is 2.00. The smallest absolute Gasteiger partial charge is 0.292 e. The van der Waals surface area contributed by atoms with E-state index in [1.54, 1.807) is 0 Å². The van der Waals surface area contributed by atoms with E-state index in [4.69, 9.17) is 4.74 Å². The van der Waals surface area contributed by atoms with Crippen molar-refractivity contribution in [1.82, 2.24) is 0 Å². The van der Waals surface area contributed by atoms with Crippen molar-refractivity contribution in [3.63, 3.8) is 0 Å². The summed E-state index contributed by atoms with van der Waals surface area (Å²) >= 11 is 4.30. The van der Waals surface area contributed by atoms with E-state index in [1.165, 1.54) is 5.56 Å². The number of aliphatic imine (C=N–C) groups is 1. The van der Waals surface area contributed by atoms with Gasteiger partial charge in [-0.05, 0) is 49.3 Å². The van der Waals surface area contributed by atoms with Crippen LogP contribution in [0.4, 0.5) is 0 Å². The summed E-state index contributed by atoms with van der Waals surface area (Å²) < 4.78 is 5.23. The van der Waals surface area contributed by atoms with Gasteiger partial charge in [-0.15, -0.1) is 0 Å². The van der Waals surface area contributed by atoms with E-state index in [1.807, 2.05) is 37.2 Å². The lowest BCUT2D eigenvalue weighted by Gasteiger charge is -2.05. The van der Waals surface area contributed by atoms with Crippen LogP contribution in [0.5, 0.6) is 5.75 Å². The molecule has 1 aromatic rings. The van der Waals surface area contributed by atoms with Gasteiger partial charge in [-0.25, -0.2) is 0 Å². The number of ether oxygens (including phenoxy) is 1. The van der Waals surface area contributed by atoms with E-state index >= 15 is 0 Å². The minimum Gasteiger partial charge on any atom is -0.484 e. The highest BCUT2D eigenvalue weighted by Gasteiger charge is 2.01. The van der Waals surface area contributed by atoms with Crippen LogP contribution in [-0.4, -0.2) is 17.7 Å². The molecule has 0 unspecified atom stereocenters. The van der Waals surface area contributed by atoms with Crippen LogP contribution in [-0.2, 0) is 4.79 Å². The molecule has 0 saturated carbocycles. The summed E-state index contributed by atoms with van der Waals surface area (Å²) in [6.45, 7) is 3.89. The third-order valence-corrected chi connectivity index (χ3v) is 2.10. The van der Waals surface area contributed by atoms with E-state index < -0.39 is 5.91 Å². The number of carbonyl (C=O) groups is 1. The number of nitrogens with zero attached hydrogens (tertiary/aromatic N) is 1. The number of amides is 1. The van der Waals surface area contributed by atoms with Crippen LogP contribution in [0.2, 0.25) is 0 Å².